The zero-order chi connectivity index (χ0) is 17.1. The number of benzene rings is 1. The van der Waals surface area contributed by atoms with Crippen molar-refractivity contribution in [3.8, 4) is 0 Å². The van der Waals surface area contributed by atoms with Crippen molar-refractivity contribution in [3.63, 3.8) is 0 Å². The van der Waals surface area contributed by atoms with E-state index in [1.165, 1.54) is 6.26 Å². The molecule has 24 heavy (non-hydrogen) atoms. The molecule has 0 unspecified atom stereocenters. The van der Waals surface area contributed by atoms with E-state index in [9.17, 15) is 9.59 Å². The number of halogens is 1. The highest BCUT2D eigenvalue weighted by atomic mass is 35.5. The molecule has 0 N–H and O–H groups in total. The highest BCUT2D eigenvalue weighted by molar-refractivity contribution is 6.30. The van der Waals surface area contributed by atoms with Gasteiger partial charge in [-0.25, -0.2) is 0 Å². The molecule has 2 aromatic rings. The summed E-state index contributed by atoms with van der Waals surface area (Å²) in [5.74, 6) is 0.612. The van der Waals surface area contributed by atoms with Crippen molar-refractivity contribution in [1.82, 2.24) is 9.80 Å². The van der Waals surface area contributed by atoms with Gasteiger partial charge in [0.15, 0.2) is 0 Å². The molecule has 0 radical (unpaired) electrons. The molecule has 0 saturated carbocycles. The Balaban J connectivity index is 1.66. The molecule has 1 saturated heterocycles. The molecule has 5 nitrogen and oxygen atoms in total. The molecule has 1 aliphatic rings. The van der Waals surface area contributed by atoms with Gasteiger partial charge in [0.2, 0.25) is 0 Å². The average Bonchev–Trinajstić information content (AvgIpc) is 2.86. The second-order valence-electron chi connectivity index (χ2n) is 5.89. The quantitative estimate of drug-likeness (QED) is 0.839. The third-order valence-electron chi connectivity index (χ3n) is 4.12. The first-order valence-electron chi connectivity index (χ1n) is 7.94. The average molecular weight is 347 g/mol. The van der Waals surface area contributed by atoms with Gasteiger partial charge in [0.05, 0.1) is 5.56 Å². The lowest BCUT2D eigenvalue weighted by molar-refractivity contribution is 0.0718. The van der Waals surface area contributed by atoms with Crippen LogP contribution in [0.4, 0.5) is 0 Å². The van der Waals surface area contributed by atoms with E-state index in [0.29, 0.717) is 48.1 Å². The highest BCUT2D eigenvalue weighted by Crippen LogP contribution is 2.16. The Hall–Kier alpha value is -2.27. The number of hydrogen-bond acceptors (Lipinski definition) is 3. The molecular weight excluding hydrogens is 328 g/mol. The van der Waals surface area contributed by atoms with E-state index in [2.05, 4.69) is 0 Å². The highest BCUT2D eigenvalue weighted by Gasteiger charge is 2.24. The third-order valence-corrected chi connectivity index (χ3v) is 4.35. The van der Waals surface area contributed by atoms with Crippen LogP contribution in [0.3, 0.4) is 0 Å². The first-order chi connectivity index (χ1) is 11.5. The largest absolute Gasteiger partial charge is 0.469 e. The van der Waals surface area contributed by atoms with Crippen molar-refractivity contribution in [1.29, 1.82) is 0 Å². The van der Waals surface area contributed by atoms with Crippen molar-refractivity contribution < 1.29 is 14.0 Å². The minimum atomic E-state index is -0.0519. The molecule has 0 spiro atoms. The molecule has 1 aromatic heterocycles. The van der Waals surface area contributed by atoms with Gasteiger partial charge in [-0.15, -0.1) is 0 Å². The van der Waals surface area contributed by atoms with Gasteiger partial charge in [0.1, 0.15) is 12.0 Å². The fourth-order valence-electron chi connectivity index (χ4n) is 2.87. The number of nitrogens with zero attached hydrogens (tertiary/aromatic N) is 2. The van der Waals surface area contributed by atoms with Gasteiger partial charge >= 0.3 is 0 Å². The molecular formula is C18H19ClN2O3. The maximum atomic E-state index is 12.6. The SMILES string of the molecule is Cc1cc(C(=O)N2CCCN(C(=O)c3cccc(Cl)c3)CC2)co1. The number of carbonyl (C=O) groups excluding carboxylic acids is 2. The van der Waals surface area contributed by atoms with Crippen molar-refractivity contribution in [2.24, 2.45) is 0 Å². The van der Waals surface area contributed by atoms with Gasteiger partial charge in [0, 0.05) is 36.8 Å². The molecule has 1 aliphatic heterocycles. The van der Waals surface area contributed by atoms with Crippen LogP contribution >= 0.6 is 11.6 Å². The first kappa shape index (κ1) is 16.6. The summed E-state index contributed by atoms with van der Waals surface area (Å²) in [7, 11) is 0. The fraction of sp³-hybridized carbons (Fsp3) is 0.333. The van der Waals surface area contributed by atoms with Crippen molar-refractivity contribution >= 4 is 23.4 Å². The summed E-state index contributed by atoms with van der Waals surface area (Å²) in [6, 6.07) is 8.68. The predicted octanol–water partition coefficient (Wildman–Crippen LogP) is 3.23. The van der Waals surface area contributed by atoms with E-state index >= 15 is 0 Å². The van der Waals surface area contributed by atoms with Crippen molar-refractivity contribution in [2.45, 2.75) is 13.3 Å². The molecule has 3 rings (SSSR count). The van der Waals surface area contributed by atoms with Crippen LogP contribution in [0, 0.1) is 6.92 Å². The number of amides is 2. The second kappa shape index (κ2) is 7.09. The lowest BCUT2D eigenvalue weighted by Crippen LogP contribution is -2.37. The number of carbonyl (C=O) groups is 2. The Bertz CT molecular complexity index is 756. The Labute approximate surface area is 145 Å². The normalized spacial score (nSPS) is 15.2. The minimum absolute atomic E-state index is 0.0500. The van der Waals surface area contributed by atoms with Gasteiger partial charge in [0.25, 0.3) is 11.8 Å². The number of hydrogen-bond donors (Lipinski definition) is 0. The standard InChI is InChI=1S/C18H19ClN2O3/c1-13-10-15(12-24-13)18(23)21-7-3-6-20(8-9-21)17(22)14-4-2-5-16(19)11-14/h2,4-5,10-12H,3,6-9H2,1H3. The third kappa shape index (κ3) is 3.62. The maximum absolute atomic E-state index is 12.6. The van der Waals surface area contributed by atoms with E-state index in [0.717, 1.165) is 6.42 Å². The van der Waals surface area contributed by atoms with E-state index in [1.807, 2.05) is 6.92 Å². The number of rotatable bonds is 2. The van der Waals surface area contributed by atoms with Gasteiger partial charge in [-0.05, 0) is 37.6 Å². The van der Waals surface area contributed by atoms with E-state index in [1.54, 1.807) is 40.1 Å². The van der Waals surface area contributed by atoms with Crippen LogP contribution < -0.4 is 0 Å². The molecule has 2 amide bonds. The van der Waals surface area contributed by atoms with Crippen LogP contribution in [-0.4, -0.2) is 47.8 Å². The van der Waals surface area contributed by atoms with E-state index in [4.69, 9.17) is 16.0 Å². The first-order valence-corrected chi connectivity index (χ1v) is 8.31. The second-order valence-corrected chi connectivity index (χ2v) is 6.33. The van der Waals surface area contributed by atoms with Crippen LogP contribution in [0.25, 0.3) is 0 Å². The molecule has 2 heterocycles. The molecule has 1 fully saturated rings. The fourth-order valence-corrected chi connectivity index (χ4v) is 3.06. The number of aryl methyl sites for hydroxylation is 1. The van der Waals surface area contributed by atoms with E-state index in [-0.39, 0.29) is 11.8 Å². The monoisotopic (exact) mass is 346 g/mol. The summed E-state index contributed by atoms with van der Waals surface area (Å²) in [5.41, 5.74) is 1.13. The summed E-state index contributed by atoms with van der Waals surface area (Å²) in [5, 5.41) is 0.544. The van der Waals surface area contributed by atoms with Crippen LogP contribution in [0.1, 0.15) is 32.9 Å². The summed E-state index contributed by atoms with van der Waals surface area (Å²) < 4.78 is 5.21. The Morgan fingerprint density at radius 1 is 1.00 bits per heavy atom. The smallest absolute Gasteiger partial charge is 0.257 e. The van der Waals surface area contributed by atoms with Gasteiger partial charge in [-0.1, -0.05) is 17.7 Å². The predicted molar refractivity (Wildman–Crippen MR) is 91.3 cm³/mol. The maximum Gasteiger partial charge on any atom is 0.257 e. The summed E-state index contributed by atoms with van der Waals surface area (Å²) in [6.45, 7) is 4.08. The van der Waals surface area contributed by atoms with Crippen molar-refractivity contribution in [2.75, 3.05) is 26.2 Å². The number of furan rings is 1. The molecule has 126 valence electrons. The molecule has 0 atom stereocenters. The van der Waals surface area contributed by atoms with Crippen LogP contribution in [0.5, 0.6) is 0 Å². The van der Waals surface area contributed by atoms with Crippen LogP contribution in [-0.2, 0) is 0 Å². The minimum Gasteiger partial charge on any atom is -0.469 e. The van der Waals surface area contributed by atoms with Crippen LogP contribution in [0.2, 0.25) is 5.02 Å². The molecule has 0 bridgehead atoms. The zero-order valence-corrected chi connectivity index (χ0v) is 14.3. The topological polar surface area (TPSA) is 53.8 Å². The molecule has 6 heteroatoms. The summed E-state index contributed by atoms with van der Waals surface area (Å²) in [6.07, 6.45) is 2.23. The molecule has 1 aromatic carbocycles. The van der Waals surface area contributed by atoms with Crippen molar-refractivity contribution in [3.05, 3.63) is 58.5 Å². The van der Waals surface area contributed by atoms with Gasteiger partial charge in [-0.3, -0.25) is 9.59 Å². The lowest BCUT2D eigenvalue weighted by atomic mass is 10.2. The zero-order valence-electron chi connectivity index (χ0n) is 13.5. The van der Waals surface area contributed by atoms with Gasteiger partial charge in [-0.2, -0.15) is 0 Å². The Kier molecular flexibility index (Phi) is 4.90. The van der Waals surface area contributed by atoms with Gasteiger partial charge < -0.3 is 14.2 Å². The summed E-state index contributed by atoms with van der Waals surface area (Å²) in [4.78, 5) is 28.7. The lowest BCUT2D eigenvalue weighted by Gasteiger charge is -2.22. The van der Waals surface area contributed by atoms with Crippen LogP contribution in [0.15, 0.2) is 41.0 Å². The Morgan fingerprint density at radius 3 is 2.25 bits per heavy atom. The summed E-state index contributed by atoms with van der Waals surface area (Å²) >= 11 is 5.96. The molecule has 0 aliphatic carbocycles. The van der Waals surface area contributed by atoms with E-state index < -0.39 is 0 Å². The Morgan fingerprint density at radius 2 is 1.67 bits per heavy atom.